The third-order valence-corrected chi connectivity index (χ3v) is 6.10. The van der Waals surface area contributed by atoms with Gasteiger partial charge in [0.15, 0.2) is 0 Å². The average molecular weight is 447 g/mol. The first kappa shape index (κ1) is 22.7. The first-order chi connectivity index (χ1) is 13.9. The molecular formula is C20H26ClF3N4O2. The largest absolute Gasteiger partial charge is 0.401 e. The predicted octanol–water partition coefficient (Wildman–Crippen LogP) is 3.23. The van der Waals surface area contributed by atoms with Crippen LogP contribution in [0.1, 0.15) is 38.3 Å². The van der Waals surface area contributed by atoms with Gasteiger partial charge in [-0.15, -0.1) is 0 Å². The van der Waals surface area contributed by atoms with Crippen molar-refractivity contribution < 1.29 is 22.8 Å². The fourth-order valence-corrected chi connectivity index (χ4v) is 4.43. The third-order valence-electron chi connectivity index (χ3n) is 5.84. The summed E-state index contributed by atoms with van der Waals surface area (Å²) in [7, 11) is 0. The van der Waals surface area contributed by atoms with Crippen molar-refractivity contribution in [1.82, 2.24) is 20.9 Å². The van der Waals surface area contributed by atoms with Crippen molar-refractivity contribution in [3.63, 3.8) is 0 Å². The van der Waals surface area contributed by atoms with E-state index >= 15 is 0 Å². The number of hydrogen-bond acceptors (Lipinski definition) is 3. The first-order valence-electron chi connectivity index (χ1n) is 9.87. The predicted molar refractivity (Wildman–Crippen MR) is 107 cm³/mol. The van der Waals surface area contributed by atoms with Crippen molar-refractivity contribution in [3.05, 3.63) is 34.9 Å². The van der Waals surface area contributed by atoms with Crippen molar-refractivity contribution in [1.29, 1.82) is 0 Å². The second-order valence-electron chi connectivity index (χ2n) is 8.55. The Morgan fingerprint density at radius 2 is 2.00 bits per heavy atom. The Morgan fingerprint density at radius 1 is 1.33 bits per heavy atom. The molecule has 2 saturated heterocycles. The molecule has 2 aliphatic heterocycles. The van der Waals surface area contributed by atoms with Gasteiger partial charge in [-0.05, 0) is 56.8 Å². The smallest absolute Gasteiger partial charge is 0.347 e. The van der Waals surface area contributed by atoms with Gasteiger partial charge in [0.2, 0.25) is 5.91 Å². The zero-order chi connectivity index (χ0) is 22.1. The molecule has 0 spiro atoms. The van der Waals surface area contributed by atoms with E-state index in [4.69, 9.17) is 11.6 Å². The summed E-state index contributed by atoms with van der Waals surface area (Å²) in [5.41, 5.74) is 0.145. The second-order valence-corrected chi connectivity index (χ2v) is 8.98. The molecule has 0 radical (unpaired) electrons. The molecule has 3 amide bonds. The molecule has 2 fully saturated rings. The fourth-order valence-electron chi connectivity index (χ4n) is 4.30. The van der Waals surface area contributed by atoms with Crippen LogP contribution in [0.3, 0.4) is 0 Å². The van der Waals surface area contributed by atoms with Crippen LogP contribution in [0.15, 0.2) is 24.3 Å². The standard InChI is InChI=1S/C20H26ClF3N4O2/c1-19(2)9-13(7-8-28(19)11-20(22,23)24)16(12-3-5-14(21)6-4-12)27-17(29)15-10-25-18(30)26-15/h3-6,13,15-16H,7-11H2,1-2H3,(H,27,29)(H2,25,26,30). The van der Waals surface area contributed by atoms with Crippen LogP contribution in [0, 0.1) is 5.92 Å². The van der Waals surface area contributed by atoms with Gasteiger partial charge in [-0.1, -0.05) is 23.7 Å². The third kappa shape index (κ3) is 5.57. The van der Waals surface area contributed by atoms with E-state index in [9.17, 15) is 22.8 Å². The number of benzene rings is 1. The van der Waals surface area contributed by atoms with E-state index in [1.54, 1.807) is 26.0 Å². The molecule has 166 valence electrons. The van der Waals surface area contributed by atoms with Gasteiger partial charge in [-0.2, -0.15) is 13.2 Å². The maximum absolute atomic E-state index is 13.0. The molecule has 3 N–H and O–H groups in total. The lowest BCUT2D eigenvalue weighted by molar-refractivity contribution is -0.164. The second kappa shape index (κ2) is 8.63. The molecule has 3 atom stereocenters. The summed E-state index contributed by atoms with van der Waals surface area (Å²) >= 11 is 6.00. The Balaban J connectivity index is 1.79. The molecule has 3 unspecified atom stereocenters. The van der Waals surface area contributed by atoms with Crippen molar-refractivity contribution in [2.45, 2.75) is 50.5 Å². The minimum atomic E-state index is -4.26. The van der Waals surface area contributed by atoms with Crippen molar-refractivity contribution >= 4 is 23.5 Å². The minimum absolute atomic E-state index is 0.0697. The van der Waals surface area contributed by atoms with Gasteiger partial charge in [0.05, 0.1) is 12.6 Å². The lowest BCUT2D eigenvalue weighted by Crippen LogP contribution is -2.55. The van der Waals surface area contributed by atoms with Crippen LogP contribution in [0.25, 0.3) is 0 Å². The van der Waals surface area contributed by atoms with Gasteiger partial charge < -0.3 is 16.0 Å². The normalized spacial score (nSPS) is 25.3. The molecule has 0 aromatic heterocycles. The summed E-state index contributed by atoms with van der Waals surface area (Å²) in [6, 6.07) is 5.57. The number of likely N-dealkylation sites (tertiary alicyclic amines) is 1. The molecule has 1 aromatic carbocycles. The highest BCUT2D eigenvalue weighted by Gasteiger charge is 2.43. The molecule has 2 aliphatic rings. The molecule has 1 aromatic rings. The van der Waals surface area contributed by atoms with E-state index in [1.165, 1.54) is 4.90 Å². The Labute approximate surface area is 178 Å². The van der Waals surface area contributed by atoms with Gasteiger partial charge >= 0.3 is 12.2 Å². The van der Waals surface area contributed by atoms with E-state index in [1.807, 2.05) is 12.1 Å². The summed E-state index contributed by atoms with van der Waals surface area (Å²) in [5, 5.41) is 8.67. The van der Waals surface area contributed by atoms with Crippen molar-refractivity contribution in [3.8, 4) is 0 Å². The summed E-state index contributed by atoms with van der Waals surface area (Å²) in [5.74, 6) is -0.400. The molecule has 2 heterocycles. The fraction of sp³-hybridized carbons (Fsp3) is 0.600. The Hall–Kier alpha value is -2.00. The van der Waals surface area contributed by atoms with E-state index in [0.29, 0.717) is 17.9 Å². The van der Waals surface area contributed by atoms with Gasteiger partial charge in [0, 0.05) is 17.1 Å². The molecule has 3 rings (SSSR count). The molecule has 10 heteroatoms. The number of carbonyl (C=O) groups excluding carboxylic acids is 2. The topological polar surface area (TPSA) is 73.5 Å². The maximum atomic E-state index is 13.0. The van der Waals surface area contributed by atoms with Crippen LogP contribution >= 0.6 is 11.6 Å². The Kier molecular flexibility index (Phi) is 6.52. The number of nitrogens with one attached hydrogen (secondary N) is 3. The molecule has 0 bridgehead atoms. The highest BCUT2D eigenvalue weighted by molar-refractivity contribution is 6.30. The number of urea groups is 1. The number of amides is 3. The van der Waals surface area contributed by atoms with Crippen LogP contribution in [0.5, 0.6) is 0 Å². The number of nitrogens with zero attached hydrogens (tertiary/aromatic N) is 1. The number of alkyl halides is 3. The van der Waals surface area contributed by atoms with E-state index in [-0.39, 0.29) is 24.9 Å². The SMILES string of the molecule is CC1(C)CC(C(NC(=O)C2CNC(=O)N2)c2ccc(Cl)cc2)CCN1CC(F)(F)F. The average Bonchev–Trinajstić information content (AvgIpc) is 3.07. The van der Waals surface area contributed by atoms with Gasteiger partial charge in [0.1, 0.15) is 6.04 Å². The molecule has 0 saturated carbocycles. The zero-order valence-corrected chi connectivity index (χ0v) is 17.6. The van der Waals surface area contributed by atoms with Crippen molar-refractivity contribution in [2.24, 2.45) is 5.92 Å². The minimum Gasteiger partial charge on any atom is -0.347 e. The van der Waals surface area contributed by atoms with E-state index in [2.05, 4.69) is 16.0 Å². The number of carbonyl (C=O) groups is 2. The van der Waals surface area contributed by atoms with Crippen LogP contribution in [-0.4, -0.2) is 54.2 Å². The number of piperidine rings is 1. The quantitative estimate of drug-likeness (QED) is 0.650. The molecular weight excluding hydrogens is 421 g/mol. The van der Waals surface area contributed by atoms with Crippen LogP contribution < -0.4 is 16.0 Å². The monoisotopic (exact) mass is 446 g/mol. The number of hydrogen-bond donors (Lipinski definition) is 3. The maximum Gasteiger partial charge on any atom is 0.401 e. The summed E-state index contributed by atoms with van der Waals surface area (Å²) in [6.45, 7) is 3.11. The summed E-state index contributed by atoms with van der Waals surface area (Å²) in [6.07, 6.45) is -3.28. The van der Waals surface area contributed by atoms with E-state index in [0.717, 1.165) is 5.56 Å². The lowest BCUT2D eigenvalue weighted by Gasteiger charge is -2.48. The number of halogens is 4. The molecule has 0 aliphatic carbocycles. The first-order valence-corrected chi connectivity index (χ1v) is 10.2. The van der Waals surface area contributed by atoms with Gasteiger partial charge in [0.25, 0.3) is 0 Å². The molecule has 6 nitrogen and oxygen atoms in total. The summed E-state index contributed by atoms with van der Waals surface area (Å²) in [4.78, 5) is 25.6. The van der Waals surface area contributed by atoms with E-state index < -0.39 is 36.4 Å². The summed E-state index contributed by atoms with van der Waals surface area (Å²) < 4.78 is 38.9. The van der Waals surface area contributed by atoms with Crippen LogP contribution in [0.2, 0.25) is 5.02 Å². The van der Waals surface area contributed by atoms with Crippen LogP contribution in [-0.2, 0) is 4.79 Å². The highest BCUT2D eigenvalue weighted by Crippen LogP contribution is 2.40. The van der Waals surface area contributed by atoms with Gasteiger partial charge in [-0.3, -0.25) is 9.69 Å². The lowest BCUT2D eigenvalue weighted by atomic mass is 9.77. The number of rotatable bonds is 5. The van der Waals surface area contributed by atoms with Gasteiger partial charge in [-0.25, -0.2) is 4.79 Å². The van der Waals surface area contributed by atoms with Crippen molar-refractivity contribution in [2.75, 3.05) is 19.6 Å². The van der Waals surface area contributed by atoms with Crippen LogP contribution in [0.4, 0.5) is 18.0 Å². The molecule has 30 heavy (non-hydrogen) atoms. The Morgan fingerprint density at radius 3 is 2.53 bits per heavy atom. The Bertz CT molecular complexity index is 785. The zero-order valence-electron chi connectivity index (χ0n) is 16.9. The highest BCUT2D eigenvalue weighted by atomic mass is 35.5.